The lowest BCUT2D eigenvalue weighted by Crippen LogP contribution is -2.54. The molecule has 8 nitrogen and oxygen atoms in total. The molecule has 0 unspecified atom stereocenters. The van der Waals surface area contributed by atoms with Gasteiger partial charge in [0, 0.05) is 36.9 Å². The van der Waals surface area contributed by atoms with Gasteiger partial charge in [-0.3, -0.25) is 19.6 Å². The molecule has 1 atom stereocenters. The van der Waals surface area contributed by atoms with Crippen molar-refractivity contribution in [3.8, 4) is 0 Å². The third-order valence-corrected chi connectivity index (χ3v) is 5.49. The lowest BCUT2D eigenvalue weighted by atomic mass is 10.0. The van der Waals surface area contributed by atoms with Crippen LogP contribution >= 0.6 is 0 Å². The van der Waals surface area contributed by atoms with Crippen molar-refractivity contribution in [2.75, 3.05) is 26.2 Å². The molecule has 8 heteroatoms. The van der Waals surface area contributed by atoms with Gasteiger partial charge in [0.2, 0.25) is 0 Å². The average Bonchev–Trinajstić information content (AvgIpc) is 3.18. The number of nitrogens with zero attached hydrogens (tertiary/aromatic N) is 4. The van der Waals surface area contributed by atoms with Crippen LogP contribution in [-0.2, 0) is 17.7 Å². The van der Waals surface area contributed by atoms with Crippen LogP contribution in [-0.4, -0.2) is 68.2 Å². The van der Waals surface area contributed by atoms with Crippen LogP contribution < -0.4 is 5.56 Å². The monoisotopic (exact) mass is 373 g/mol. The second-order valence-electron chi connectivity index (χ2n) is 8.37. The number of nitrogens with one attached hydrogen (secondary N) is 1. The van der Waals surface area contributed by atoms with Gasteiger partial charge in [-0.15, -0.1) is 0 Å². The number of aromatic nitrogens is 3. The largest absolute Gasteiger partial charge is 0.374 e. The number of morpholine rings is 1. The number of ether oxygens (including phenoxy) is 1. The molecule has 0 radical (unpaired) electrons. The van der Waals surface area contributed by atoms with Gasteiger partial charge in [-0.25, -0.2) is 9.50 Å². The van der Waals surface area contributed by atoms with Gasteiger partial charge < -0.3 is 9.64 Å². The molecular formula is C19H27N5O3. The van der Waals surface area contributed by atoms with Crippen molar-refractivity contribution in [2.45, 2.75) is 52.3 Å². The highest BCUT2D eigenvalue weighted by molar-refractivity contribution is 5.96. The van der Waals surface area contributed by atoms with Crippen LogP contribution in [0.15, 0.2) is 10.9 Å². The Kier molecular flexibility index (Phi) is 4.35. The van der Waals surface area contributed by atoms with Gasteiger partial charge >= 0.3 is 0 Å². The molecule has 27 heavy (non-hydrogen) atoms. The van der Waals surface area contributed by atoms with Crippen molar-refractivity contribution in [3.63, 3.8) is 0 Å². The first-order chi connectivity index (χ1) is 12.8. The third-order valence-electron chi connectivity index (χ3n) is 5.49. The van der Waals surface area contributed by atoms with E-state index in [1.54, 1.807) is 4.90 Å². The minimum Gasteiger partial charge on any atom is -0.374 e. The van der Waals surface area contributed by atoms with Crippen molar-refractivity contribution in [3.05, 3.63) is 33.4 Å². The van der Waals surface area contributed by atoms with E-state index in [9.17, 15) is 9.59 Å². The molecule has 4 heterocycles. The second-order valence-corrected chi connectivity index (χ2v) is 8.37. The Balaban J connectivity index is 1.55. The number of aromatic amines is 1. The van der Waals surface area contributed by atoms with Crippen molar-refractivity contribution in [1.29, 1.82) is 0 Å². The predicted octanol–water partition coefficient (Wildman–Crippen LogP) is 1.04. The maximum Gasteiger partial charge on any atom is 0.278 e. The number of hydrogen-bond acceptors (Lipinski definition) is 5. The number of hydrogen-bond donors (Lipinski definition) is 1. The Labute approximate surface area is 158 Å². The average molecular weight is 373 g/mol. The fourth-order valence-electron chi connectivity index (χ4n) is 3.85. The summed E-state index contributed by atoms with van der Waals surface area (Å²) in [5.74, 6) is -0.180. The highest BCUT2D eigenvalue weighted by atomic mass is 16.5. The number of carbonyl (C=O) groups excluding carboxylic acids is 1. The summed E-state index contributed by atoms with van der Waals surface area (Å²) in [5.41, 5.74) is 2.04. The topological polar surface area (TPSA) is 82.9 Å². The van der Waals surface area contributed by atoms with Gasteiger partial charge in [-0.2, -0.15) is 0 Å². The number of H-pyrrole nitrogens is 1. The zero-order chi connectivity index (χ0) is 19.3. The summed E-state index contributed by atoms with van der Waals surface area (Å²) in [6.07, 6.45) is 0.715. The molecule has 2 aromatic rings. The van der Waals surface area contributed by atoms with E-state index in [0.717, 1.165) is 25.2 Å². The fraction of sp³-hybridized carbons (Fsp3) is 0.632. The number of carbonyl (C=O) groups is 1. The molecule has 0 aliphatic carbocycles. The quantitative estimate of drug-likeness (QED) is 0.869. The van der Waals surface area contributed by atoms with Gasteiger partial charge in [0.25, 0.3) is 11.5 Å². The molecular weight excluding hydrogens is 346 g/mol. The molecule has 0 aromatic carbocycles. The van der Waals surface area contributed by atoms with Crippen LogP contribution in [0.3, 0.4) is 0 Å². The molecule has 1 fully saturated rings. The van der Waals surface area contributed by atoms with Crippen molar-refractivity contribution < 1.29 is 9.53 Å². The standard InChI is InChI=1S/C19H27N5O3/c1-5-12-8-15-20-16-14(17(25)24(15)21-12)11-22(18(16)26)9-13-10-23(6-7-27-13)19(2,3)4/h8,13,21H,5-7,9-11H2,1-4H3/t13-/m1/s1. The van der Waals surface area contributed by atoms with Crippen LogP contribution in [0, 0.1) is 0 Å². The van der Waals surface area contributed by atoms with Gasteiger partial charge in [-0.1, -0.05) is 6.92 Å². The summed E-state index contributed by atoms with van der Waals surface area (Å²) in [6.45, 7) is 11.6. The summed E-state index contributed by atoms with van der Waals surface area (Å²) in [6, 6.07) is 1.82. The molecule has 146 valence electrons. The molecule has 2 aromatic heterocycles. The van der Waals surface area contributed by atoms with E-state index >= 15 is 0 Å². The van der Waals surface area contributed by atoms with Gasteiger partial charge in [-0.05, 0) is 27.2 Å². The summed E-state index contributed by atoms with van der Waals surface area (Å²) < 4.78 is 7.33. The van der Waals surface area contributed by atoms with Gasteiger partial charge in [0.15, 0.2) is 5.65 Å². The van der Waals surface area contributed by atoms with E-state index in [4.69, 9.17) is 4.74 Å². The highest BCUT2D eigenvalue weighted by Gasteiger charge is 2.36. The SMILES string of the molecule is CCc1cc2nc3c(c(=O)n2[nH]1)CN(C[C@@H]1CN(C(C)(C)C)CCO1)C3=O. The smallest absolute Gasteiger partial charge is 0.278 e. The second kappa shape index (κ2) is 6.45. The third kappa shape index (κ3) is 3.17. The summed E-state index contributed by atoms with van der Waals surface area (Å²) >= 11 is 0. The maximum absolute atomic E-state index is 12.9. The first kappa shape index (κ1) is 18.2. The van der Waals surface area contributed by atoms with Crippen LogP contribution in [0.5, 0.6) is 0 Å². The Morgan fingerprint density at radius 2 is 2.11 bits per heavy atom. The summed E-state index contributed by atoms with van der Waals surface area (Å²) in [5, 5.41) is 3.06. The van der Waals surface area contributed by atoms with E-state index in [0.29, 0.717) is 30.9 Å². The zero-order valence-corrected chi connectivity index (χ0v) is 16.4. The van der Waals surface area contributed by atoms with Crippen LogP contribution in [0.2, 0.25) is 0 Å². The van der Waals surface area contributed by atoms with Crippen LogP contribution in [0.25, 0.3) is 5.65 Å². The first-order valence-corrected chi connectivity index (χ1v) is 9.57. The number of rotatable bonds is 3. The Hall–Kier alpha value is -2.19. The zero-order valence-electron chi connectivity index (χ0n) is 16.4. The molecule has 1 saturated heterocycles. The molecule has 4 rings (SSSR count). The minimum absolute atomic E-state index is 0.0597. The normalized spacial score (nSPS) is 21.3. The number of fused-ring (bicyclic) bond motifs is 2. The predicted molar refractivity (Wildman–Crippen MR) is 101 cm³/mol. The van der Waals surface area contributed by atoms with Crippen LogP contribution in [0.1, 0.15) is 49.4 Å². The lowest BCUT2D eigenvalue weighted by Gasteiger charge is -2.42. The Morgan fingerprint density at radius 3 is 2.81 bits per heavy atom. The van der Waals surface area contributed by atoms with Gasteiger partial charge in [0.1, 0.15) is 5.69 Å². The number of aryl methyl sites for hydroxylation is 1. The van der Waals surface area contributed by atoms with Crippen LogP contribution in [0.4, 0.5) is 0 Å². The maximum atomic E-state index is 12.9. The summed E-state index contributed by atoms with van der Waals surface area (Å²) in [7, 11) is 0. The van der Waals surface area contributed by atoms with Crippen molar-refractivity contribution in [2.24, 2.45) is 0 Å². The number of amides is 1. The Bertz CT molecular complexity index is 939. The fourth-order valence-corrected chi connectivity index (χ4v) is 3.85. The van der Waals surface area contributed by atoms with Crippen molar-refractivity contribution in [1.82, 2.24) is 24.4 Å². The molecule has 0 saturated carbocycles. The first-order valence-electron chi connectivity index (χ1n) is 9.57. The molecule has 0 spiro atoms. The van der Waals surface area contributed by atoms with Gasteiger partial charge in [0.05, 0.1) is 24.8 Å². The lowest BCUT2D eigenvalue weighted by molar-refractivity contribution is -0.0663. The molecule has 0 bridgehead atoms. The molecule has 1 N–H and O–H groups in total. The van der Waals surface area contributed by atoms with Crippen molar-refractivity contribution >= 4 is 11.6 Å². The van der Waals surface area contributed by atoms with E-state index in [1.165, 1.54) is 4.52 Å². The Morgan fingerprint density at radius 1 is 1.33 bits per heavy atom. The minimum atomic E-state index is -0.188. The summed E-state index contributed by atoms with van der Waals surface area (Å²) in [4.78, 5) is 34.2. The van der Waals surface area contributed by atoms with E-state index in [2.05, 4.69) is 35.8 Å². The van der Waals surface area contributed by atoms with E-state index in [1.807, 2.05) is 13.0 Å². The molecule has 2 aliphatic heterocycles. The molecule has 1 amide bonds. The highest BCUT2D eigenvalue weighted by Crippen LogP contribution is 2.22. The van der Waals surface area contributed by atoms with E-state index < -0.39 is 0 Å². The molecule has 2 aliphatic rings. The van der Waals surface area contributed by atoms with E-state index in [-0.39, 0.29) is 28.8 Å².